The van der Waals surface area contributed by atoms with Crippen molar-refractivity contribution in [2.75, 3.05) is 13.2 Å². The second-order valence-electron chi connectivity index (χ2n) is 6.88. The summed E-state index contributed by atoms with van der Waals surface area (Å²) in [5, 5.41) is 0. The van der Waals surface area contributed by atoms with Crippen LogP contribution in [0.25, 0.3) is 0 Å². The van der Waals surface area contributed by atoms with Crippen LogP contribution in [-0.4, -0.2) is 24.9 Å². The lowest BCUT2D eigenvalue weighted by atomic mass is 9.57. The van der Waals surface area contributed by atoms with E-state index in [0.29, 0.717) is 26.1 Å². The molecule has 0 aromatic rings. The molecule has 4 heteroatoms. The fourth-order valence-corrected chi connectivity index (χ4v) is 5.23. The van der Waals surface area contributed by atoms with Gasteiger partial charge in [0.25, 0.3) is 5.92 Å². The highest BCUT2D eigenvalue weighted by molar-refractivity contribution is 5.28. The summed E-state index contributed by atoms with van der Waals surface area (Å²) in [5.74, 6) is -3.61. The van der Waals surface area contributed by atoms with Crippen molar-refractivity contribution in [2.45, 2.75) is 57.2 Å². The molecule has 0 amide bonds. The van der Waals surface area contributed by atoms with Gasteiger partial charge in [-0.25, -0.2) is 8.78 Å². The lowest BCUT2D eigenvalue weighted by Gasteiger charge is -2.50. The third-order valence-corrected chi connectivity index (χ3v) is 6.26. The molecule has 0 N–H and O–H groups in total. The van der Waals surface area contributed by atoms with Crippen LogP contribution in [0.1, 0.15) is 45.4 Å². The highest BCUT2D eigenvalue weighted by atomic mass is 19.3. The Kier molecular flexibility index (Phi) is 1.99. The molecule has 3 aliphatic carbocycles. The highest BCUT2D eigenvalue weighted by Crippen LogP contribution is 2.83. The molecule has 0 radical (unpaired) electrons. The molecule has 3 saturated carbocycles. The van der Waals surface area contributed by atoms with Gasteiger partial charge in [-0.3, -0.25) is 0 Å². The maximum Gasteiger partial charge on any atom is 0.258 e. The van der Waals surface area contributed by atoms with E-state index in [2.05, 4.69) is 6.92 Å². The second kappa shape index (κ2) is 3.09. The zero-order valence-corrected chi connectivity index (χ0v) is 10.8. The average molecular weight is 258 g/mol. The topological polar surface area (TPSA) is 18.5 Å². The fraction of sp³-hybridized carbons (Fsp3) is 1.00. The minimum Gasteiger partial charge on any atom is -0.348 e. The van der Waals surface area contributed by atoms with Crippen molar-refractivity contribution >= 4 is 0 Å². The van der Waals surface area contributed by atoms with Gasteiger partial charge in [-0.2, -0.15) is 0 Å². The van der Waals surface area contributed by atoms with Crippen LogP contribution in [0.15, 0.2) is 0 Å². The van der Waals surface area contributed by atoms with Crippen LogP contribution >= 0.6 is 0 Å². The SMILES string of the molecule is CC12CCCC3C(F)(F)C31CC1(CC2)OCCO1. The number of rotatable bonds is 0. The van der Waals surface area contributed by atoms with E-state index in [-0.39, 0.29) is 5.41 Å². The minimum absolute atomic E-state index is 0.208. The molecule has 102 valence electrons. The first-order valence-corrected chi connectivity index (χ1v) is 7.12. The molecule has 0 bridgehead atoms. The standard InChI is InChI=1S/C14H20F2O2/c1-11-4-2-3-10-13(11,14(10,15)16)9-12(6-5-11)17-7-8-18-12/h10H,2-9H2,1H3. The van der Waals surface area contributed by atoms with Crippen molar-refractivity contribution < 1.29 is 18.3 Å². The third kappa shape index (κ3) is 1.07. The zero-order chi connectivity index (χ0) is 12.6. The molecule has 1 aliphatic heterocycles. The molecule has 3 unspecified atom stereocenters. The van der Waals surface area contributed by atoms with Gasteiger partial charge in [0.15, 0.2) is 5.79 Å². The molecule has 4 fully saturated rings. The maximum absolute atomic E-state index is 14.4. The number of halogens is 2. The first-order valence-electron chi connectivity index (χ1n) is 7.12. The van der Waals surface area contributed by atoms with E-state index < -0.39 is 23.0 Å². The van der Waals surface area contributed by atoms with Gasteiger partial charge in [0.1, 0.15) is 0 Å². The molecule has 0 aromatic heterocycles. The average Bonchev–Trinajstić information content (AvgIpc) is 2.66. The number of hydrogen-bond acceptors (Lipinski definition) is 2. The quantitative estimate of drug-likeness (QED) is 0.663. The van der Waals surface area contributed by atoms with Gasteiger partial charge >= 0.3 is 0 Å². The first-order chi connectivity index (χ1) is 8.46. The summed E-state index contributed by atoms with van der Waals surface area (Å²) in [5.41, 5.74) is -1.04. The van der Waals surface area contributed by atoms with Gasteiger partial charge in [-0.05, 0) is 24.7 Å². The maximum atomic E-state index is 14.4. The van der Waals surface area contributed by atoms with Gasteiger partial charge in [-0.1, -0.05) is 13.3 Å². The van der Waals surface area contributed by atoms with E-state index in [1.165, 1.54) is 0 Å². The molecule has 3 atom stereocenters. The van der Waals surface area contributed by atoms with Crippen molar-refractivity contribution in [3.8, 4) is 0 Å². The molecule has 4 rings (SSSR count). The number of ether oxygens (including phenoxy) is 2. The lowest BCUT2D eigenvalue weighted by molar-refractivity contribution is -0.227. The normalized spacial score (nSPS) is 51.8. The molecule has 18 heavy (non-hydrogen) atoms. The molecular formula is C14H20F2O2. The lowest BCUT2D eigenvalue weighted by Crippen LogP contribution is -2.49. The first kappa shape index (κ1) is 11.6. The van der Waals surface area contributed by atoms with Gasteiger partial charge in [-0.15, -0.1) is 0 Å². The zero-order valence-electron chi connectivity index (χ0n) is 10.8. The van der Waals surface area contributed by atoms with Crippen LogP contribution < -0.4 is 0 Å². The molecule has 0 aromatic carbocycles. The molecule has 2 spiro atoms. The van der Waals surface area contributed by atoms with Crippen molar-refractivity contribution in [3.63, 3.8) is 0 Å². The van der Waals surface area contributed by atoms with E-state index in [9.17, 15) is 8.78 Å². The summed E-state index contributed by atoms with van der Waals surface area (Å²) in [6, 6.07) is 0. The Balaban J connectivity index is 1.74. The van der Waals surface area contributed by atoms with Crippen LogP contribution in [0.3, 0.4) is 0 Å². The van der Waals surface area contributed by atoms with Gasteiger partial charge in [0.05, 0.1) is 18.6 Å². The van der Waals surface area contributed by atoms with Gasteiger partial charge in [0.2, 0.25) is 0 Å². The van der Waals surface area contributed by atoms with Crippen molar-refractivity contribution in [1.82, 2.24) is 0 Å². The van der Waals surface area contributed by atoms with Crippen molar-refractivity contribution in [3.05, 3.63) is 0 Å². The molecule has 1 heterocycles. The summed E-state index contributed by atoms with van der Waals surface area (Å²) in [4.78, 5) is 0. The Morgan fingerprint density at radius 3 is 2.50 bits per heavy atom. The van der Waals surface area contributed by atoms with E-state index >= 15 is 0 Å². The second-order valence-corrected chi connectivity index (χ2v) is 6.88. The summed E-state index contributed by atoms with van der Waals surface area (Å²) in [6.45, 7) is 3.19. The fourth-order valence-electron chi connectivity index (χ4n) is 5.23. The van der Waals surface area contributed by atoms with Crippen LogP contribution in [0.5, 0.6) is 0 Å². The minimum atomic E-state index is -2.50. The monoisotopic (exact) mass is 258 g/mol. The summed E-state index contributed by atoms with van der Waals surface area (Å²) < 4.78 is 40.2. The van der Waals surface area contributed by atoms with Gasteiger partial charge < -0.3 is 9.47 Å². The molecule has 1 saturated heterocycles. The highest BCUT2D eigenvalue weighted by Gasteiger charge is 2.88. The Morgan fingerprint density at radius 1 is 1.06 bits per heavy atom. The molecular weight excluding hydrogens is 238 g/mol. The van der Waals surface area contributed by atoms with Crippen LogP contribution in [0, 0.1) is 16.7 Å². The summed E-state index contributed by atoms with van der Waals surface area (Å²) >= 11 is 0. The van der Waals surface area contributed by atoms with E-state index in [1.807, 2.05) is 0 Å². The Hall–Kier alpha value is -0.220. The third-order valence-electron chi connectivity index (χ3n) is 6.26. The predicted molar refractivity (Wildman–Crippen MR) is 61.3 cm³/mol. The summed E-state index contributed by atoms with van der Waals surface area (Å²) in [7, 11) is 0. The van der Waals surface area contributed by atoms with Gasteiger partial charge in [0, 0.05) is 18.8 Å². The smallest absolute Gasteiger partial charge is 0.258 e. The molecule has 2 nitrogen and oxygen atoms in total. The van der Waals surface area contributed by atoms with E-state index in [4.69, 9.17) is 9.47 Å². The molecule has 4 aliphatic rings. The Labute approximate surface area is 106 Å². The van der Waals surface area contributed by atoms with Crippen LogP contribution in [0.2, 0.25) is 0 Å². The predicted octanol–water partition coefficient (Wildman–Crippen LogP) is 3.36. The summed E-state index contributed by atoms with van der Waals surface area (Å²) in [6.07, 6.45) is 4.59. The van der Waals surface area contributed by atoms with E-state index in [0.717, 1.165) is 25.7 Å². The van der Waals surface area contributed by atoms with Crippen LogP contribution in [-0.2, 0) is 9.47 Å². The van der Waals surface area contributed by atoms with Crippen molar-refractivity contribution in [1.29, 1.82) is 0 Å². The largest absolute Gasteiger partial charge is 0.348 e. The van der Waals surface area contributed by atoms with E-state index in [1.54, 1.807) is 0 Å². The number of alkyl halides is 2. The van der Waals surface area contributed by atoms with Crippen molar-refractivity contribution in [2.24, 2.45) is 16.7 Å². The number of hydrogen-bond donors (Lipinski definition) is 0. The van der Waals surface area contributed by atoms with Crippen LogP contribution in [0.4, 0.5) is 8.78 Å². The Morgan fingerprint density at radius 2 is 1.78 bits per heavy atom. The Bertz CT molecular complexity index is 391.